The maximum absolute atomic E-state index is 12.4. The van der Waals surface area contributed by atoms with Crippen molar-refractivity contribution < 1.29 is 9.90 Å². The van der Waals surface area contributed by atoms with E-state index in [4.69, 9.17) is 16.9 Å². The third-order valence-corrected chi connectivity index (χ3v) is 4.75. The number of rotatable bonds is 9. The van der Waals surface area contributed by atoms with Crippen molar-refractivity contribution in [1.82, 2.24) is 14.5 Å². The summed E-state index contributed by atoms with van der Waals surface area (Å²) in [5.74, 6) is -0.191. The Morgan fingerprint density at radius 1 is 1.27 bits per heavy atom. The highest BCUT2D eigenvalue weighted by Crippen LogP contribution is 2.15. The van der Waals surface area contributed by atoms with Crippen LogP contribution < -0.4 is 5.32 Å². The molecule has 0 bridgehead atoms. The first kappa shape index (κ1) is 21.5. The second-order valence-corrected chi connectivity index (χ2v) is 7.25. The second-order valence-electron chi connectivity index (χ2n) is 6.81. The fourth-order valence-corrected chi connectivity index (χ4v) is 3.25. The van der Waals surface area contributed by atoms with Gasteiger partial charge in [-0.3, -0.25) is 9.69 Å². The molecule has 7 nitrogen and oxygen atoms in total. The van der Waals surface area contributed by atoms with Gasteiger partial charge in [0.2, 0.25) is 5.91 Å². The zero-order valence-corrected chi connectivity index (χ0v) is 17.1. The Hall–Kier alpha value is -3.18. The van der Waals surface area contributed by atoms with Crippen LogP contribution in [0.15, 0.2) is 61.1 Å². The molecule has 3 aromatic rings. The molecule has 0 saturated carbocycles. The molecule has 8 heteroatoms. The average molecular weight is 424 g/mol. The van der Waals surface area contributed by atoms with Crippen LogP contribution in [0.4, 0.5) is 5.69 Å². The highest BCUT2D eigenvalue weighted by atomic mass is 35.5. The SMILES string of the molecule is N#Cc1ccc(Cn2cncc2CN(CCO)CC(=O)Nc2cccc(Cl)c2)cc1. The molecule has 3 rings (SSSR count). The van der Waals surface area contributed by atoms with Gasteiger partial charge in [0.25, 0.3) is 0 Å². The summed E-state index contributed by atoms with van der Waals surface area (Å²) in [6, 6.07) is 16.5. The van der Waals surface area contributed by atoms with Crippen molar-refractivity contribution in [1.29, 1.82) is 5.26 Å². The van der Waals surface area contributed by atoms with Crippen LogP contribution in [0.1, 0.15) is 16.8 Å². The van der Waals surface area contributed by atoms with Gasteiger partial charge < -0.3 is 15.0 Å². The number of amides is 1. The number of carbonyl (C=O) groups excluding carboxylic acids is 1. The molecule has 154 valence electrons. The van der Waals surface area contributed by atoms with Gasteiger partial charge in [0.15, 0.2) is 0 Å². The monoisotopic (exact) mass is 423 g/mol. The lowest BCUT2D eigenvalue weighted by Crippen LogP contribution is -2.35. The van der Waals surface area contributed by atoms with Gasteiger partial charge in [-0.05, 0) is 35.9 Å². The molecular weight excluding hydrogens is 402 g/mol. The Morgan fingerprint density at radius 3 is 2.77 bits per heavy atom. The summed E-state index contributed by atoms with van der Waals surface area (Å²) in [7, 11) is 0. The number of aliphatic hydroxyl groups excluding tert-OH is 1. The number of anilines is 1. The van der Waals surface area contributed by atoms with Crippen LogP contribution in [0.2, 0.25) is 5.02 Å². The molecular formula is C22H22ClN5O2. The average Bonchev–Trinajstić information content (AvgIpc) is 3.15. The van der Waals surface area contributed by atoms with E-state index in [-0.39, 0.29) is 19.1 Å². The van der Waals surface area contributed by atoms with E-state index in [0.29, 0.717) is 35.9 Å². The number of imidazole rings is 1. The minimum absolute atomic E-state index is 0.0613. The van der Waals surface area contributed by atoms with Gasteiger partial charge in [0.1, 0.15) is 0 Å². The van der Waals surface area contributed by atoms with Gasteiger partial charge in [0.05, 0.1) is 36.8 Å². The predicted molar refractivity (Wildman–Crippen MR) is 115 cm³/mol. The van der Waals surface area contributed by atoms with Gasteiger partial charge >= 0.3 is 0 Å². The number of hydrogen-bond acceptors (Lipinski definition) is 5. The highest BCUT2D eigenvalue weighted by molar-refractivity contribution is 6.30. The van der Waals surface area contributed by atoms with Crippen LogP contribution in [0.5, 0.6) is 0 Å². The van der Waals surface area contributed by atoms with Crippen LogP contribution in [-0.2, 0) is 17.9 Å². The van der Waals surface area contributed by atoms with E-state index >= 15 is 0 Å². The molecule has 2 N–H and O–H groups in total. The molecule has 0 fully saturated rings. The summed E-state index contributed by atoms with van der Waals surface area (Å²) in [4.78, 5) is 18.5. The molecule has 2 aromatic carbocycles. The van der Waals surface area contributed by atoms with E-state index in [9.17, 15) is 9.90 Å². The van der Waals surface area contributed by atoms with Crippen molar-refractivity contribution in [2.24, 2.45) is 0 Å². The topological polar surface area (TPSA) is 94.2 Å². The fourth-order valence-electron chi connectivity index (χ4n) is 3.06. The van der Waals surface area contributed by atoms with Gasteiger partial charge in [-0.15, -0.1) is 0 Å². The molecule has 0 radical (unpaired) electrons. The fraction of sp³-hybridized carbons (Fsp3) is 0.227. The van der Waals surface area contributed by atoms with Crippen LogP contribution in [-0.4, -0.2) is 45.2 Å². The molecule has 1 aromatic heterocycles. The maximum atomic E-state index is 12.4. The Kier molecular flexibility index (Phi) is 7.57. The summed E-state index contributed by atoms with van der Waals surface area (Å²) in [5.41, 5.74) is 3.20. The van der Waals surface area contributed by atoms with Gasteiger partial charge in [-0.1, -0.05) is 29.8 Å². The van der Waals surface area contributed by atoms with Crippen molar-refractivity contribution in [2.75, 3.05) is 25.0 Å². The number of hydrogen-bond donors (Lipinski definition) is 2. The molecule has 0 aliphatic carbocycles. The molecule has 0 aliphatic rings. The van der Waals surface area contributed by atoms with Crippen molar-refractivity contribution in [3.05, 3.63) is 82.9 Å². The minimum atomic E-state index is -0.191. The summed E-state index contributed by atoms with van der Waals surface area (Å²) in [5, 5.41) is 21.7. The molecule has 0 unspecified atom stereocenters. The third kappa shape index (κ3) is 6.16. The third-order valence-electron chi connectivity index (χ3n) is 4.51. The van der Waals surface area contributed by atoms with E-state index in [1.54, 1.807) is 48.9 Å². The van der Waals surface area contributed by atoms with Crippen molar-refractivity contribution in [3.8, 4) is 6.07 Å². The lowest BCUT2D eigenvalue weighted by atomic mass is 10.1. The standard InChI is InChI=1S/C22H22ClN5O2/c23-19-2-1-3-20(10-19)26-22(30)15-27(8-9-29)14-21-12-25-16-28(21)13-18-6-4-17(11-24)5-7-18/h1-7,10,12,16,29H,8-9,13-15H2,(H,26,30). The number of nitriles is 1. The Morgan fingerprint density at radius 2 is 2.07 bits per heavy atom. The maximum Gasteiger partial charge on any atom is 0.238 e. The summed E-state index contributed by atoms with van der Waals surface area (Å²) in [6.45, 7) is 1.47. The smallest absolute Gasteiger partial charge is 0.238 e. The molecule has 0 spiro atoms. The summed E-state index contributed by atoms with van der Waals surface area (Å²) >= 11 is 5.96. The van der Waals surface area contributed by atoms with Crippen LogP contribution >= 0.6 is 11.6 Å². The van der Waals surface area contributed by atoms with Gasteiger partial charge in [0, 0.05) is 36.5 Å². The number of carbonyl (C=O) groups is 1. The predicted octanol–water partition coefficient (Wildman–Crippen LogP) is 2.89. The first-order chi connectivity index (χ1) is 14.6. The van der Waals surface area contributed by atoms with E-state index in [1.807, 2.05) is 21.6 Å². The van der Waals surface area contributed by atoms with Gasteiger partial charge in [-0.25, -0.2) is 4.98 Å². The van der Waals surface area contributed by atoms with Crippen LogP contribution in [0.3, 0.4) is 0 Å². The Balaban J connectivity index is 1.64. The van der Waals surface area contributed by atoms with E-state index < -0.39 is 0 Å². The van der Waals surface area contributed by atoms with E-state index in [1.165, 1.54) is 0 Å². The number of aliphatic hydroxyl groups is 1. The highest BCUT2D eigenvalue weighted by Gasteiger charge is 2.14. The normalized spacial score (nSPS) is 10.7. The second kappa shape index (κ2) is 10.6. The van der Waals surface area contributed by atoms with Crippen molar-refractivity contribution in [2.45, 2.75) is 13.1 Å². The number of nitrogens with one attached hydrogen (secondary N) is 1. The number of nitrogens with zero attached hydrogens (tertiary/aromatic N) is 4. The molecule has 0 saturated heterocycles. The largest absolute Gasteiger partial charge is 0.395 e. The summed E-state index contributed by atoms with van der Waals surface area (Å²) in [6.07, 6.45) is 3.49. The van der Waals surface area contributed by atoms with E-state index in [0.717, 1.165) is 11.3 Å². The molecule has 0 atom stereocenters. The molecule has 0 aliphatic heterocycles. The molecule has 1 heterocycles. The van der Waals surface area contributed by atoms with Crippen molar-refractivity contribution in [3.63, 3.8) is 0 Å². The Bertz CT molecular complexity index is 1030. The summed E-state index contributed by atoms with van der Waals surface area (Å²) < 4.78 is 1.99. The van der Waals surface area contributed by atoms with Crippen LogP contribution in [0.25, 0.3) is 0 Å². The first-order valence-corrected chi connectivity index (χ1v) is 9.82. The Labute approximate surface area is 180 Å². The zero-order chi connectivity index (χ0) is 21.3. The van der Waals surface area contributed by atoms with E-state index in [2.05, 4.69) is 16.4 Å². The van der Waals surface area contributed by atoms with Crippen LogP contribution in [0, 0.1) is 11.3 Å². The zero-order valence-electron chi connectivity index (χ0n) is 16.3. The molecule has 30 heavy (non-hydrogen) atoms. The van der Waals surface area contributed by atoms with Gasteiger partial charge in [-0.2, -0.15) is 5.26 Å². The number of halogens is 1. The number of aromatic nitrogens is 2. The molecule has 1 amide bonds. The minimum Gasteiger partial charge on any atom is -0.395 e. The number of benzene rings is 2. The quantitative estimate of drug-likeness (QED) is 0.552. The first-order valence-electron chi connectivity index (χ1n) is 9.44. The lowest BCUT2D eigenvalue weighted by Gasteiger charge is -2.21. The lowest BCUT2D eigenvalue weighted by molar-refractivity contribution is -0.117. The van der Waals surface area contributed by atoms with Crippen molar-refractivity contribution >= 4 is 23.2 Å².